The van der Waals surface area contributed by atoms with Gasteiger partial charge in [-0.15, -0.1) is 10.2 Å². The van der Waals surface area contributed by atoms with Gasteiger partial charge in [0.05, 0.1) is 7.11 Å². The minimum absolute atomic E-state index is 0.171. The standard InChI is InChI=1S/C12H14N6O2S/c1-7-10(19)14-11(16-15-7)17-18-12(21)13-8-3-5-9(20-2)6-4-8/h3-6H,1-2H3,(H2,13,18,21)(H2,14,16,17,19). The Hall–Kier alpha value is -2.68. The van der Waals surface area contributed by atoms with Crippen LogP contribution in [0, 0.1) is 6.92 Å². The van der Waals surface area contributed by atoms with Crippen molar-refractivity contribution < 1.29 is 4.74 Å². The van der Waals surface area contributed by atoms with Crippen molar-refractivity contribution >= 4 is 29.0 Å². The largest absolute Gasteiger partial charge is 0.497 e. The van der Waals surface area contributed by atoms with Crippen molar-refractivity contribution in [1.29, 1.82) is 0 Å². The Labute approximate surface area is 125 Å². The van der Waals surface area contributed by atoms with Crippen molar-refractivity contribution in [3.05, 3.63) is 40.3 Å². The number of hydrazine groups is 1. The van der Waals surface area contributed by atoms with Gasteiger partial charge in [0, 0.05) is 5.69 Å². The van der Waals surface area contributed by atoms with Crippen LogP contribution in [0.15, 0.2) is 29.1 Å². The normalized spacial score (nSPS) is 9.81. The molecule has 1 heterocycles. The van der Waals surface area contributed by atoms with Crippen LogP contribution in [0.2, 0.25) is 0 Å². The maximum atomic E-state index is 11.3. The molecule has 0 amide bonds. The third kappa shape index (κ3) is 4.14. The Bertz CT molecular complexity index is 685. The van der Waals surface area contributed by atoms with E-state index in [1.54, 1.807) is 26.2 Å². The number of hydrogen-bond acceptors (Lipinski definition) is 6. The number of rotatable bonds is 4. The van der Waals surface area contributed by atoms with Gasteiger partial charge in [0.2, 0.25) is 5.95 Å². The minimum atomic E-state index is -0.316. The average Bonchev–Trinajstić information content (AvgIpc) is 2.49. The molecule has 2 aromatic rings. The van der Waals surface area contributed by atoms with E-state index >= 15 is 0 Å². The number of benzene rings is 1. The van der Waals surface area contributed by atoms with E-state index in [1.165, 1.54) is 0 Å². The molecule has 0 saturated carbocycles. The van der Waals surface area contributed by atoms with Gasteiger partial charge in [-0.3, -0.25) is 20.6 Å². The minimum Gasteiger partial charge on any atom is -0.497 e. The van der Waals surface area contributed by atoms with Gasteiger partial charge < -0.3 is 10.1 Å². The van der Waals surface area contributed by atoms with Crippen molar-refractivity contribution in [2.24, 2.45) is 0 Å². The quantitative estimate of drug-likeness (QED) is 0.486. The highest BCUT2D eigenvalue weighted by Crippen LogP contribution is 2.14. The number of nitrogens with zero attached hydrogens (tertiary/aromatic N) is 2. The Morgan fingerprint density at radius 1 is 1.29 bits per heavy atom. The smallest absolute Gasteiger partial charge is 0.274 e. The first-order valence-electron chi connectivity index (χ1n) is 5.99. The molecule has 1 aromatic heterocycles. The van der Waals surface area contributed by atoms with E-state index in [2.05, 4.69) is 31.3 Å². The highest BCUT2D eigenvalue weighted by Gasteiger charge is 2.01. The molecule has 0 unspecified atom stereocenters. The van der Waals surface area contributed by atoms with Gasteiger partial charge in [-0.1, -0.05) is 0 Å². The summed E-state index contributed by atoms with van der Waals surface area (Å²) in [6.45, 7) is 1.57. The number of hydrogen-bond donors (Lipinski definition) is 4. The van der Waals surface area contributed by atoms with Crippen molar-refractivity contribution in [1.82, 2.24) is 20.6 Å². The fourth-order valence-corrected chi connectivity index (χ4v) is 1.57. The molecule has 2 rings (SSSR count). The molecule has 9 heteroatoms. The Kier molecular flexibility index (Phi) is 4.67. The SMILES string of the molecule is COc1ccc(NC(=S)NNc2nnc(C)c(=O)[nH]2)cc1. The number of thiocarbonyl (C=S) groups is 1. The first-order valence-corrected chi connectivity index (χ1v) is 6.40. The molecule has 0 atom stereocenters. The van der Waals surface area contributed by atoms with E-state index in [9.17, 15) is 4.79 Å². The highest BCUT2D eigenvalue weighted by atomic mass is 32.1. The van der Waals surface area contributed by atoms with E-state index in [-0.39, 0.29) is 11.5 Å². The zero-order valence-electron chi connectivity index (χ0n) is 11.4. The highest BCUT2D eigenvalue weighted by molar-refractivity contribution is 7.80. The molecule has 0 radical (unpaired) electrons. The molecule has 110 valence electrons. The molecular weight excluding hydrogens is 292 g/mol. The fourth-order valence-electron chi connectivity index (χ4n) is 1.40. The topological polar surface area (TPSA) is 104 Å². The molecule has 0 aliphatic carbocycles. The summed E-state index contributed by atoms with van der Waals surface area (Å²) >= 11 is 5.10. The van der Waals surface area contributed by atoms with Crippen LogP contribution in [0.4, 0.5) is 11.6 Å². The van der Waals surface area contributed by atoms with Crippen LogP contribution in [0.5, 0.6) is 5.75 Å². The summed E-state index contributed by atoms with van der Waals surface area (Å²) in [5.74, 6) is 0.925. The third-order valence-electron chi connectivity index (χ3n) is 2.50. The lowest BCUT2D eigenvalue weighted by Gasteiger charge is -2.11. The van der Waals surface area contributed by atoms with Crippen molar-refractivity contribution in [2.75, 3.05) is 17.9 Å². The van der Waals surface area contributed by atoms with Gasteiger partial charge in [0.25, 0.3) is 5.56 Å². The second-order valence-corrected chi connectivity index (χ2v) is 4.43. The van der Waals surface area contributed by atoms with Crippen LogP contribution in [0.25, 0.3) is 0 Å². The predicted octanol–water partition coefficient (Wildman–Crippen LogP) is 0.795. The van der Waals surface area contributed by atoms with Gasteiger partial charge in [0.1, 0.15) is 11.4 Å². The molecule has 0 aliphatic heterocycles. The zero-order valence-corrected chi connectivity index (χ0v) is 12.2. The van der Waals surface area contributed by atoms with Crippen LogP contribution < -0.4 is 26.5 Å². The van der Waals surface area contributed by atoms with Gasteiger partial charge >= 0.3 is 0 Å². The number of anilines is 2. The Morgan fingerprint density at radius 3 is 2.62 bits per heavy atom. The maximum absolute atomic E-state index is 11.3. The summed E-state index contributed by atoms with van der Waals surface area (Å²) in [5.41, 5.74) is 6.10. The predicted molar refractivity (Wildman–Crippen MR) is 83.4 cm³/mol. The fraction of sp³-hybridized carbons (Fsp3) is 0.167. The number of methoxy groups -OCH3 is 1. The lowest BCUT2D eigenvalue weighted by Crippen LogP contribution is -2.35. The van der Waals surface area contributed by atoms with E-state index < -0.39 is 0 Å². The number of aryl methyl sites for hydroxylation is 1. The molecule has 0 aliphatic rings. The van der Waals surface area contributed by atoms with Crippen LogP contribution in [0.3, 0.4) is 0 Å². The summed E-state index contributed by atoms with van der Waals surface area (Å²) in [5, 5.41) is 10.7. The number of aromatic amines is 1. The Morgan fingerprint density at radius 2 is 2.00 bits per heavy atom. The second-order valence-electron chi connectivity index (χ2n) is 4.02. The summed E-state index contributed by atoms with van der Waals surface area (Å²) in [6.07, 6.45) is 0. The summed E-state index contributed by atoms with van der Waals surface area (Å²) in [7, 11) is 1.60. The van der Waals surface area contributed by atoms with Crippen LogP contribution in [0.1, 0.15) is 5.69 Å². The average molecular weight is 306 g/mol. The van der Waals surface area contributed by atoms with Gasteiger partial charge in [-0.25, -0.2) is 0 Å². The van der Waals surface area contributed by atoms with Crippen LogP contribution in [-0.2, 0) is 0 Å². The van der Waals surface area contributed by atoms with Gasteiger partial charge in [-0.2, -0.15) is 0 Å². The van der Waals surface area contributed by atoms with Gasteiger partial charge in [0.15, 0.2) is 5.11 Å². The Balaban J connectivity index is 1.89. The monoisotopic (exact) mass is 306 g/mol. The molecule has 8 nitrogen and oxygen atoms in total. The summed E-state index contributed by atoms with van der Waals surface area (Å²) in [6, 6.07) is 7.25. The third-order valence-corrected chi connectivity index (χ3v) is 2.71. The first-order chi connectivity index (χ1) is 10.1. The van der Waals surface area contributed by atoms with Crippen molar-refractivity contribution in [2.45, 2.75) is 6.92 Å². The maximum Gasteiger partial charge on any atom is 0.274 e. The molecule has 21 heavy (non-hydrogen) atoms. The lowest BCUT2D eigenvalue weighted by molar-refractivity contribution is 0.415. The van der Waals surface area contributed by atoms with Gasteiger partial charge in [-0.05, 0) is 43.4 Å². The number of nitrogens with one attached hydrogen (secondary N) is 4. The van der Waals surface area contributed by atoms with Crippen LogP contribution >= 0.6 is 12.2 Å². The van der Waals surface area contributed by atoms with Crippen molar-refractivity contribution in [3.63, 3.8) is 0 Å². The van der Waals surface area contributed by atoms with E-state index in [4.69, 9.17) is 17.0 Å². The zero-order chi connectivity index (χ0) is 15.2. The van der Waals surface area contributed by atoms with Crippen LogP contribution in [-0.4, -0.2) is 27.4 Å². The molecule has 1 aromatic carbocycles. The number of H-pyrrole nitrogens is 1. The number of ether oxygens (including phenoxy) is 1. The lowest BCUT2D eigenvalue weighted by atomic mass is 10.3. The molecule has 4 N–H and O–H groups in total. The van der Waals surface area contributed by atoms with E-state index in [1.807, 2.05) is 12.1 Å². The summed E-state index contributed by atoms with van der Waals surface area (Å²) in [4.78, 5) is 13.9. The van der Waals surface area contributed by atoms with E-state index in [0.29, 0.717) is 10.8 Å². The molecule has 0 fully saturated rings. The molecule has 0 spiro atoms. The number of aromatic nitrogens is 3. The van der Waals surface area contributed by atoms with Crippen molar-refractivity contribution in [3.8, 4) is 5.75 Å². The summed E-state index contributed by atoms with van der Waals surface area (Å²) < 4.78 is 5.06. The second kappa shape index (κ2) is 6.66. The molecular formula is C12H14N6O2S. The molecule has 0 saturated heterocycles. The molecule has 0 bridgehead atoms. The van der Waals surface area contributed by atoms with E-state index in [0.717, 1.165) is 11.4 Å². The first kappa shape index (κ1) is 14.7.